The summed E-state index contributed by atoms with van der Waals surface area (Å²) >= 11 is 5.72. The summed E-state index contributed by atoms with van der Waals surface area (Å²) in [6.45, 7) is 5.68. The lowest BCUT2D eigenvalue weighted by Crippen LogP contribution is -1.72. The lowest BCUT2D eigenvalue weighted by atomic mass is 10.2. The predicted molar refractivity (Wildman–Crippen MR) is 53.2 cm³/mol. The molecule has 0 spiro atoms. The number of hydrogen-bond acceptors (Lipinski definition) is 0. The van der Waals surface area contributed by atoms with Crippen molar-refractivity contribution in [2.45, 2.75) is 6.92 Å². The lowest BCUT2D eigenvalue weighted by molar-refractivity contribution is 1.50. The molecule has 0 aromatic heterocycles. The number of halogens is 1. The number of rotatable bonds is 2. The van der Waals surface area contributed by atoms with Crippen LogP contribution in [0.5, 0.6) is 0 Å². The van der Waals surface area contributed by atoms with Crippen LogP contribution in [0, 0.1) is 6.08 Å². The molecule has 1 radical (unpaired) electrons. The van der Waals surface area contributed by atoms with E-state index >= 15 is 0 Å². The molecule has 0 N–H and O–H groups in total. The van der Waals surface area contributed by atoms with Crippen molar-refractivity contribution in [2.24, 2.45) is 0 Å². The van der Waals surface area contributed by atoms with Crippen LogP contribution in [0.3, 0.4) is 0 Å². The van der Waals surface area contributed by atoms with Gasteiger partial charge in [0.05, 0.1) is 0 Å². The average molecular weight is 178 g/mol. The number of benzene rings is 1. The molecule has 1 aromatic rings. The number of allylic oxidation sites excluding steroid dienone is 2. The molecule has 12 heavy (non-hydrogen) atoms. The maximum Gasteiger partial charge on any atom is 0.0406 e. The second-order valence-corrected chi connectivity index (χ2v) is 3.08. The van der Waals surface area contributed by atoms with E-state index in [0.717, 1.165) is 16.2 Å². The summed E-state index contributed by atoms with van der Waals surface area (Å²) in [5.74, 6) is 0. The molecule has 1 aromatic carbocycles. The fraction of sp³-hybridized carbons (Fsp3) is 0.0909. The van der Waals surface area contributed by atoms with Crippen LogP contribution in [-0.2, 0) is 0 Å². The fourth-order valence-corrected chi connectivity index (χ4v) is 0.879. The van der Waals surface area contributed by atoms with E-state index in [1.54, 1.807) is 0 Å². The van der Waals surface area contributed by atoms with Gasteiger partial charge in [-0.25, -0.2) is 0 Å². The van der Waals surface area contributed by atoms with Gasteiger partial charge in [0.25, 0.3) is 0 Å². The van der Waals surface area contributed by atoms with Crippen LogP contribution in [-0.4, -0.2) is 0 Å². The highest BCUT2D eigenvalue weighted by Crippen LogP contribution is 2.09. The highest BCUT2D eigenvalue weighted by Gasteiger charge is 1.87. The van der Waals surface area contributed by atoms with Crippen molar-refractivity contribution in [1.82, 2.24) is 0 Å². The molecule has 0 saturated heterocycles. The first-order valence-corrected chi connectivity index (χ1v) is 4.07. The van der Waals surface area contributed by atoms with Crippen molar-refractivity contribution in [2.75, 3.05) is 0 Å². The van der Waals surface area contributed by atoms with Crippen LogP contribution in [0.1, 0.15) is 12.5 Å². The molecule has 0 aliphatic heterocycles. The van der Waals surface area contributed by atoms with Gasteiger partial charge in [0.1, 0.15) is 0 Å². The first-order valence-electron chi connectivity index (χ1n) is 3.69. The maximum absolute atomic E-state index is 5.72. The van der Waals surface area contributed by atoms with Crippen LogP contribution >= 0.6 is 11.6 Å². The van der Waals surface area contributed by atoms with Crippen LogP contribution in [0.15, 0.2) is 42.5 Å². The van der Waals surface area contributed by atoms with Crippen molar-refractivity contribution in [3.63, 3.8) is 0 Å². The van der Waals surface area contributed by atoms with Crippen molar-refractivity contribution < 1.29 is 0 Å². The Morgan fingerprint density at radius 2 is 2.00 bits per heavy atom. The Morgan fingerprint density at radius 1 is 1.42 bits per heavy atom. The van der Waals surface area contributed by atoms with E-state index in [1.807, 2.05) is 37.3 Å². The Balaban J connectivity index is 2.77. The van der Waals surface area contributed by atoms with E-state index in [0.29, 0.717) is 0 Å². The SMILES string of the molecule is C=C(C)/C=[C]/c1ccc(Cl)cc1. The number of hydrogen-bond donors (Lipinski definition) is 0. The van der Waals surface area contributed by atoms with Gasteiger partial charge in [-0.1, -0.05) is 42.0 Å². The summed E-state index contributed by atoms with van der Waals surface area (Å²) in [7, 11) is 0. The van der Waals surface area contributed by atoms with Gasteiger partial charge in [-0.15, -0.1) is 0 Å². The summed E-state index contributed by atoms with van der Waals surface area (Å²) in [5, 5.41) is 0.746. The Bertz CT molecular complexity index is 293. The molecule has 1 rings (SSSR count). The summed E-state index contributed by atoms with van der Waals surface area (Å²) in [6, 6.07) is 7.52. The summed E-state index contributed by atoms with van der Waals surface area (Å²) in [6.07, 6.45) is 4.94. The monoisotopic (exact) mass is 177 g/mol. The average Bonchev–Trinajstić information content (AvgIpc) is 2.03. The fourth-order valence-electron chi connectivity index (χ4n) is 0.753. The van der Waals surface area contributed by atoms with Crippen LogP contribution in [0.25, 0.3) is 0 Å². The van der Waals surface area contributed by atoms with Crippen molar-refractivity contribution >= 4 is 11.6 Å². The Morgan fingerprint density at radius 3 is 2.50 bits per heavy atom. The van der Waals surface area contributed by atoms with Gasteiger partial charge in [0.2, 0.25) is 0 Å². The van der Waals surface area contributed by atoms with Crippen LogP contribution in [0.4, 0.5) is 0 Å². The van der Waals surface area contributed by atoms with Gasteiger partial charge in [-0.2, -0.15) is 0 Å². The zero-order valence-corrected chi connectivity index (χ0v) is 7.73. The molecule has 0 heterocycles. The molecule has 0 fully saturated rings. The Labute approximate surface area is 78.2 Å². The molecular weight excluding hydrogens is 168 g/mol. The molecule has 0 aliphatic rings. The molecular formula is C11H10Cl. The normalized spacial score (nSPS) is 10.5. The first kappa shape index (κ1) is 9.08. The van der Waals surface area contributed by atoms with E-state index in [9.17, 15) is 0 Å². The third-order valence-electron chi connectivity index (χ3n) is 1.33. The summed E-state index contributed by atoms with van der Waals surface area (Å²) < 4.78 is 0. The lowest BCUT2D eigenvalue weighted by Gasteiger charge is -1.92. The zero-order valence-electron chi connectivity index (χ0n) is 6.97. The van der Waals surface area contributed by atoms with Gasteiger partial charge in [-0.3, -0.25) is 0 Å². The van der Waals surface area contributed by atoms with Gasteiger partial charge in [0.15, 0.2) is 0 Å². The summed E-state index contributed by atoms with van der Waals surface area (Å²) in [5.41, 5.74) is 2.01. The minimum absolute atomic E-state index is 0.746. The zero-order chi connectivity index (χ0) is 8.97. The van der Waals surface area contributed by atoms with Crippen LogP contribution < -0.4 is 0 Å². The van der Waals surface area contributed by atoms with E-state index < -0.39 is 0 Å². The largest absolute Gasteiger partial charge is 0.0961 e. The Kier molecular flexibility index (Phi) is 3.12. The van der Waals surface area contributed by atoms with E-state index in [-0.39, 0.29) is 0 Å². The molecule has 1 heteroatoms. The molecule has 61 valence electrons. The second kappa shape index (κ2) is 4.13. The van der Waals surface area contributed by atoms with Gasteiger partial charge in [0, 0.05) is 5.02 Å². The topological polar surface area (TPSA) is 0 Å². The summed E-state index contributed by atoms with van der Waals surface area (Å²) in [4.78, 5) is 0. The predicted octanol–water partition coefficient (Wildman–Crippen LogP) is 3.62. The molecule has 0 nitrogen and oxygen atoms in total. The molecule has 0 aliphatic carbocycles. The smallest absolute Gasteiger partial charge is 0.0406 e. The molecule has 0 saturated carbocycles. The minimum Gasteiger partial charge on any atom is -0.0961 e. The van der Waals surface area contributed by atoms with Crippen molar-refractivity contribution in [3.8, 4) is 0 Å². The van der Waals surface area contributed by atoms with Gasteiger partial charge < -0.3 is 0 Å². The standard InChI is InChI=1S/C11H10Cl/c1-9(2)3-4-10-5-7-11(12)8-6-10/h3,5-8H,1H2,2H3. The third kappa shape index (κ3) is 2.93. The molecule has 0 unspecified atom stereocenters. The van der Waals surface area contributed by atoms with E-state index in [1.165, 1.54) is 0 Å². The van der Waals surface area contributed by atoms with E-state index in [2.05, 4.69) is 12.7 Å². The molecule has 0 bridgehead atoms. The first-order chi connectivity index (χ1) is 5.68. The molecule has 0 amide bonds. The van der Waals surface area contributed by atoms with Gasteiger partial charge >= 0.3 is 0 Å². The van der Waals surface area contributed by atoms with E-state index in [4.69, 9.17) is 11.6 Å². The third-order valence-corrected chi connectivity index (χ3v) is 1.58. The van der Waals surface area contributed by atoms with Crippen molar-refractivity contribution in [3.05, 3.63) is 59.2 Å². The van der Waals surface area contributed by atoms with Crippen LogP contribution in [0.2, 0.25) is 5.02 Å². The highest BCUT2D eigenvalue weighted by molar-refractivity contribution is 6.30. The van der Waals surface area contributed by atoms with Gasteiger partial charge in [-0.05, 0) is 30.7 Å². The van der Waals surface area contributed by atoms with Crippen molar-refractivity contribution in [1.29, 1.82) is 0 Å². The highest BCUT2D eigenvalue weighted by atomic mass is 35.5. The minimum atomic E-state index is 0.746. The molecule has 0 atom stereocenters. The second-order valence-electron chi connectivity index (χ2n) is 2.64. The Hall–Kier alpha value is -1.01. The maximum atomic E-state index is 5.72. The quantitative estimate of drug-likeness (QED) is 0.606.